The molecule has 5 rings (SSSR count). The lowest BCUT2D eigenvalue weighted by Gasteiger charge is -2.72. The van der Waals surface area contributed by atoms with Crippen LogP contribution in [0.15, 0.2) is 0 Å². The van der Waals surface area contributed by atoms with Gasteiger partial charge < -0.3 is 10.2 Å². The first kappa shape index (κ1) is 20.8. The van der Waals surface area contributed by atoms with Gasteiger partial charge in [-0.1, -0.05) is 41.0 Å². The average Bonchev–Trinajstić information content (AvgIpc) is 3.10. The van der Waals surface area contributed by atoms with Crippen LogP contribution in [-0.4, -0.2) is 22.9 Å². The number of hydrogen-bond donors (Lipinski definition) is 2. The third-order valence-electron chi connectivity index (χ3n) is 12.8. The van der Waals surface area contributed by atoms with Gasteiger partial charge in [0.25, 0.3) is 0 Å². The summed E-state index contributed by atoms with van der Waals surface area (Å²) in [5.41, 5.74) is 1.54. The van der Waals surface area contributed by atoms with Crippen molar-refractivity contribution in [1.82, 2.24) is 0 Å². The van der Waals surface area contributed by atoms with Crippen molar-refractivity contribution in [3.8, 4) is 0 Å². The molecule has 0 bridgehead atoms. The first-order chi connectivity index (χ1) is 13.6. The normalized spacial score (nSPS) is 58.7. The molecular formula is C27H46O2. The maximum atomic E-state index is 10.8. The van der Waals surface area contributed by atoms with E-state index in [1.54, 1.807) is 0 Å². The summed E-state index contributed by atoms with van der Waals surface area (Å²) in [5, 5.41) is 21.2. The van der Waals surface area contributed by atoms with Crippen molar-refractivity contribution in [1.29, 1.82) is 0 Å². The lowest BCUT2D eigenvalue weighted by atomic mass is 9.32. The molecule has 5 fully saturated rings. The predicted molar refractivity (Wildman–Crippen MR) is 118 cm³/mol. The molecule has 166 valence electrons. The van der Waals surface area contributed by atoms with Gasteiger partial charge in [-0.3, -0.25) is 0 Å². The van der Waals surface area contributed by atoms with Crippen LogP contribution in [-0.2, 0) is 0 Å². The number of fused-ring (bicyclic) bond motifs is 7. The largest absolute Gasteiger partial charge is 0.396 e. The second kappa shape index (κ2) is 6.25. The minimum Gasteiger partial charge on any atom is -0.396 e. The monoisotopic (exact) mass is 402 g/mol. The number of aliphatic hydroxyl groups is 2. The Hall–Kier alpha value is -0.0800. The van der Waals surface area contributed by atoms with E-state index in [-0.39, 0.29) is 16.9 Å². The van der Waals surface area contributed by atoms with Gasteiger partial charge in [-0.15, -0.1) is 0 Å². The molecule has 0 radical (unpaired) electrons. The molecule has 5 aliphatic carbocycles. The minimum atomic E-state index is -0.129. The molecule has 2 heteroatoms. The molecular weight excluding hydrogens is 356 g/mol. The van der Waals surface area contributed by atoms with Gasteiger partial charge in [0.15, 0.2) is 0 Å². The topological polar surface area (TPSA) is 40.5 Å². The molecule has 0 unspecified atom stereocenters. The molecule has 29 heavy (non-hydrogen) atoms. The molecule has 9 atom stereocenters. The van der Waals surface area contributed by atoms with Crippen molar-refractivity contribution in [2.45, 2.75) is 111 Å². The maximum Gasteiger partial charge on any atom is 0.0594 e. The first-order valence-corrected chi connectivity index (χ1v) is 12.8. The molecule has 5 saturated carbocycles. The van der Waals surface area contributed by atoms with E-state index in [1.807, 2.05) is 0 Å². The van der Waals surface area contributed by atoms with Crippen LogP contribution in [0.4, 0.5) is 0 Å². The molecule has 0 spiro atoms. The van der Waals surface area contributed by atoms with Crippen molar-refractivity contribution in [2.24, 2.45) is 50.7 Å². The quantitative estimate of drug-likeness (QED) is 0.548. The zero-order chi connectivity index (χ0) is 20.9. The fourth-order valence-corrected chi connectivity index (χ4v) is 11.0. The van der Waals surface area contributed by atoms with Crippen LogP contribution in [0.1, 0.15) is 105 Å². The summed E-state index contributed by atoms with van der Waals surface area (Å²) < 4.78 is 0. The Balaban J connectivity index is 1.53. The Kier molecular flexibility index (Phi) is 4.48. The van der Waals surface area contributed by atoms with E-state index in [2.05, 4.69) is 34.6 Å². The molecule has 2 nitrogen and oxygen atoms in total. The van der Waals surface area contributed by atoms with Gasteiger partial charge in [0.1, 0.15) is 0 Å². The molecule has 0 aromatic carbocycles. The van der Waals surface area contributed by atoms with E-state index >= 15 is 0 Å². The zero-order valence-corrected chi connectivity index (χ0v) is 19.8. The van der Waals surface area contributed by atoms with E-state index in [4.69, 9.17) is 0 Å². The van der Waals surface area contributed by atoms with Crippen LogP contribution in [0.25, 0.3) is 0 Å². The van der Waals surface area contributed by atoms with E-state index in [0.29, 0.717) is 28.8 Å². The van der Waals surface area contributed by atoms with Gasteiger partial charge >= 0.3 is 0 Å². The standard InChI is InChI=1S/C27H46O2/c1-23(2)20-10-14-26(5)21(24(20,3)13-11-22(23)29)9-8-18-19-7-6-12-27(19,17-28)16-15-25(18,26)4/h18-22,28-29H,6-17H2,1-5H3/t18-,19-,20+,21-,22+,24+,25-,26-,27-/m1/s1. The third kappa shape index (κ3) is 2.37. The molecule has 0 saturated heterocycles. The van der Waals surface area contributed by atoms with Gasteiger partial charge in [-0.25, -0.2) is 0 Å². The smallest absolute Gasteiger partial charge is 0.0594 e. The van der Waals surface area contributed by atoms with Crippen LogP contribution >= 0.6 is 0 Å². The van der Waals surface area contributed by atoms with Crippen molar-refractivity contribution >= 4 is 0 Å². The number of rotatable bonds is 1. The Morgan fingerprint density at radius 3 is 2.17 bits per heavy atom. The highest BCUT2D eigenvalue weighted by atomic mass is 16.3. The van der Waals surface area contributed by atoms with Crippen molar-refractivity contribution in [3.63, 3.8) is 0 Å². The molecule has 0 aromatic rings. The second-order valence-corrected chi connectivity index (χ2v) is 13.6. The van der Waals surface area contributed by atoms with Crippen LogP contribution in [0.2, 0.25) is 0 Å². The highest BCUT2D eigenvalue weighted by Crippen LogP contribution is 2.76. The first-order valence-electron chi connectivity index (χ1n) is 12.8. The Labute approximate surface area is 179 Å². The lowest BCUT2D eigenvalue weighted by molar-refractivity contribution is -0.247. The van der Waals surface area contributed by atoms with Crippen LogP contribution in [0, 0.1) is 50.7 Å². The van der Waals surface area contributed by atoms with E-state index in [1.165, 1.54) is 64.2 Å². The summed E-state index contributed by atoms with van der Waals surface area (Å²) in [4.78, 5) is 0. The van der Waals surface area contributed by atoms with E-state index in [9.17, 15) is 10.2 Å². The zero-order valence-electron chi connectivity index (χ0n) is 19.8. The number of aliphatic hydroxyl groups excluding tert-OH is 2. The van der Waals surface area contributed by atoms with E-state index in [0.717, 1.165) is 24.2 Å². The van der Waals surface area contributed by atoms with Crippen molar-refractivity contribution in [3.05, 3.63) is 0 Å². The van der Waals surface area contributed by atoms with E-state index < -0.39 is 0 Å². The van der Waals surface area contributed by atoms with Gasteiger partial charge in [0.05, 0.1) is 6.10 Å². The molecule has 0 aromatic heterocycles. The van der Waals surface area contributed by atoms with Crippen LogP contribution in [0.3, 0.4) is 0 Å². The van der Waals surface area contributed by atoms with Gasteiger partial charge in [-0.2, -0.15) is 0 Å². The summed E-state index contributed by atoms with van der Waals surface area (Å²) in [6.45, 7) is 13.1. The fraction of sp³-hybridized carbons (Fsp3) is 1.00. The highest BCUT2D eigenvalue weighted by molar-refractivity contribution is 5.18. The molecule has 5 aliphatic rings. The average molecular weight is 403 g/mol. The fourth-order valence-electron chi connectivity index (χ4n) is 11.0. The highest BCUT2D eigenvalue weighted by Gasteiger charge is 2.69. The molecule has 0 aliphatic heterocycles. The van der Waals surface area contributed by atoms with Crippen LogP contribution < -0.4 is 0 Å². The summed E-state index contributed by atoms with van der Waals surface area (Å²) in [6, 6.07) is 0. The summed E-state index contributed by atoms with van der Waals surface area (Å²) in [5.74, 6) is 3.03. The Morgan fingerprint density at radius 2 is 1.45 bits per heavy atom. The molecule has 2 N–H and O–H groups in total. The van der Waals surface area contributed by atoms with Gasteiger partial charge in [-0.05, 0) is 115 Å². The van der Waals surface area contributed by atoms with Gasteiger partial charge in [0, 0.05) is 6.61 Å². The second-order valence-electron chi connectivity index (χ2n) is 13.6. The third-order valence-corrected chi connectivity index (χ3v) is 12.8. The molecule has 0 heterocycles. The summed E-state index contributed by atoms with van der Waals surface area (Å²) >= 11 is 0. The van der Waals surface area contributed by atoms with Crippen molar-refractivity contribution in [2.75, 3.05) is 6.61 Å². The predicted octanol–water partition coefficient (Wildman–Crippen LogP) is 6.20. The minimum absolute atomic E-state index is 0.0517. The Bertz CT molecular complexity index is 671. The van der Waals surface area contributed by atoms with Crippen LogP contribution in [0.5, 0.6) is 0 Å². The SMILES string of the molecule is CC1(C)[C@@H](O)CC[C@]2(C)[C@H]3CC[C@@H]4[C@H]5CCC[C@]5(CO)CC[C@@]4(C)[C@]3(C)CC[C@@H]12. The molecule has 0 amide bonds. The summed E-state index contributed by atoms with van der Waals surface area (Å²) in [6.07, 6.45) is 14.0. The lowest BCUT2D eigenvalue weighted by Crippen LogP contribution is -2.66. The van der Waals surface area contributed by atoms with Crippen molar-refractivity contribution < 1.29 is 10.2 Å². The summed E-state index contributed by atoms with van der Waals surface area (Å²) in [7, 11) is 0. The maximum absolute atomic E-state index is 10.8. The van der Waals surface area contributed by atoms with Gasteiger partial charge in [0.2, 0.25) is 0 Å². The number of hydrogen-bond acceptors (Lipinski definition) is 2. The Morgan fingerprint density at radius 1 is 0.690 bits per heavy atom.